The Morgan fingerprint density at radius 1 is 1.40 bits per heavy atom. The molecule has 1 aliphatic heterocycles. The van der Waals surface area contributed by atoms with E-state index in [1.165, 1.54) is 0 Å². The van der Waals surface area contributed by atoms with Crippen molar-refractivity contribution in [2.75, 3.05) is 32.5 Å². The molecule has 0 spiro atoms. The van der Waals surface area contributed by atoms with Crippen LogP contribution < -0.4 is 5.32 Å². The van der Waals surface area contributed by atoms with Crippen molar-refractivity contribution in [3.05, 3.63) is 11.5 Å². The van der Waals surface area contributed by atoms with Gasteiger partial charge in [0, 0.05) is 19.5 Å². The van der Waals surface area contributed by atoms with Crippen LogP contribution >= 0.6 is 0 Å². The van der Waals surface area contributed by atoms with Crippen molar-refractivity contribution in [2.24, 2.45) is 0 Å². The number of rotatable bonds is 2. The van der Waals surface area contributed by atoms with Crippen LogP contribution in [0.25, 0.3) is 0 Å². The molecule has 1 unspecified atom stereocenters. The molecule has 2 rings (SSSR count). The molecule has 1 aliphatic rings. The van der Waals surface area contributed by atoms with E-state index < -0.39 is 0 Å². The summed E-state index contributed by atoms with van der Waals surface area (Å²) in [5.41, 5.74) is 1.01. The molecule has 1 aromatic rings. The summed E-state index contributed by atoms with van der Waals surface area (Å²) in [5, 5.41) is 11.4. The van der Waals surface area contributed by atoms with E-state index >= 15 is 0 Å². The molecule has 1 atom stereocenters. The van der Waals surface area contributed by atoms with Gasteiger partial charge in [-0.3, -0.25) is 0 Å². The Morgan fingerprint density at radius 3 is 2.80 bits per heavy atom. The standard InChI is InChI=1S/C10H17N5/c1-7-12-10(11-2)9(14-13-7)8-4-5-15(3)6-8/h8H,4-6H2,1-3H3,(H,11,12,13). The minimum Gasteiger partial charge on any atom is -0.372 e. The predicted octanol–water partition coefficient (Wildman–Crippen LogP) is 0.641. The molecule has 0 aromatic carbocycles. The van der Waals surface area contributed by atoms with Crippen molar-refractivity contribution in [2.45, 2.75) is 19.3 Å². The third-order valence-corrected chi connectivity index (χ3v) is 2.83. The molecule has 0 amide bonds. The van der Waals surface area contributed by atoms with Gasteiger partial charge in [0.1, 0.15) is 11.5 Å². The number of nitrogens with one attached hydrogen (secondary N) is 1. The van der Waals surface area contributed by atoms with Gasteiger partial charge in [0.15, 0.2) is 5.82 Å². The molecule has 15 heavy (non-hydrogen) atoms. The Bertz CT molecular complexity index is 352. The number of nitrogens with zero attached hydrogens (tertiary/aromatic N) is 4. The molecule has 82 valence electrons. The number of hydrogen-bond acceptors (Lipinski definition) is 5. The van der Waals surface area contributed by atoms with Gasteiger partial charge in [0.2, 0.25) is 0 Å². The number of hydrogen-bond donors (Lipinski definition) is 1. The summed E-state index contributed by atoms with van der Waals surface area (Å²) in [7, 11) is 4.01. The number of anilines is 1. The van der Waals surface area contributed by atoms with Crippen LogP contribution in [0.5, 0.6) is 0 Å². The average molecular weight is 207 g/mol. The van der Waals surface area contributed by atoms with Crippen molar-refractivity contribution in [1.29, 1.82) is 0 Å². The highest BCUT2D eigenvalue weighted by molar-refractivity contribution is 5.41. The summed E-state index contributed by atoms with van der Waals surface area (Å²) in [6.07, 6.45) is 1.14. The molecule has 2 heterocycles. The summed E-state index contributed by atoms with van der Waals surface area (Å²) < 4.78 is 0. The minimum absolute atomic E-state index is 0.470. The number of likely N-dealkylation sites (N-methyl/N-ethyl adjacent to an activating group) is 1. The Hall–Kier alpha value is -1.23. The van der Waals surface area contributed by atoms with Gasteiger partial charge in [-0.1, -0.05) is 0 Å². The maximum absolute atomic E-state index is 4.36. The molecule has 0 saturated carbocycles. The second-order valence-corrected chi connectivity index (χ2v) is 4.09. The van der Waals surface area contributed by atoms with E-state index in [0.29, 0.717) is 5.92 Å². The zero-order valence-electron chi connectivity index (χ0n) is 9.49. The van der Waals surface area contributed by atoms with E-state index in [2.05, 4.69) is 32.4 Å². The van der Waals surface area contributed by atoms with Crippen LogP contribution in [-0.2, 0) is 0 Å². The second-order valence-electron chi connectivity index (χ2n) is 4.09. The lowest BCUT2D eigenvalue weighted by atomic mass is 10.0. The summed E-state index contributed by atoms with van der Waals surface area (Å²) in [6.45, 7) is 4.04. The zero-order valence-corrected chi connectivity index (χ0v) is 9.49. The Morgan fingerprint density at radius 2 is 2.20 bits per heavy atom. The Labute approximate surface area is 89.9 Å². The van der Waals surface area contributed by atoms with E-state index in [4.69, 9.17) is 0 Å². The van der Waals surface area contributed by atoms with Crippen molar-refractivity contribution < 1.29 is 0 Å². The van der Waals surface area contributed by atoms with Gasteiger partial charge < -0.3 is 10.2 Å². The zero-order chi connectivity index (χ0) is 10.8. The Balaban J connectivity index is 2.27. The lowest BCUT2D eigenvalue weighted by Gasteiger charge is -2.12. The normalized spacial score (nSPS) is 21.9. The highest BCUT2D eigenvalue weighted by atomic mass is 15.2. The summed E-state index contributed by atoms with van der Waals surface area (Å²) in [4.78, 5) is 6.67. The summed E-state index contributed by atoms with van der Waals surface area (Å²) >= 11 is 0. The highest BCUT2D eigenvalue weighted by Gasteiger charge is 2.25. The molecule has 0 aliphatic carbocycles. The van der Waals surface area contributed by atoms with Gasteiger partial charge in [-0.25, -0.2) is 4.98 Å². The lowest BCUT2D eigenvalue weighted by Crippen LogP contribution is -2.15. The monoisotopic (exact) mass is 207 g/mol. The third-order valence-electron chi connectivity index (χ3n) is 2.83. The number of likely N-dealkylation sites (tertiary alicyclic amines) is 1. The van der Waals surface area contributed by atoms with Crippen LogP contribution in [-0.4, -0.2) is 47.3 Å². The summed E-state index contributed by atoms with van der Waals surface area (Å²) in [5.74, 6) is 2.07. The largest absolute Gasteiger partial charge is 0.372 e. The van der Waals surface area contributed by atoms with Crippen LogP contribution in [0.4, 0.5) is 5.82 Å². The molecule has 1 N–H and O–H groups in total. The van der Waals surface area contributed by atoms with Crippen LogP contribution in [0.3, 0.4) is 0 Å². The van der Waals surface area contributed by atoms with Crippen LogP contribution in [0, 0.1) is 6.92 Å². The molecule has 5 nitrogen and oxygen atoms in total. The molecule has 1 fully saturated rings. The molecular formula is C10H17N5. The Kier molecular flexibility index (Phi) is 2.81. The highest BCUT2D eigenvalue weighted by Crippen LogP contribution is 2.28. The van der Waals surface area contributed by atoms with Gasteiger partial charge in [0.05, 0.1) is 0 Å². The van der Waals surface area contributed by atoms with Crippen molar-refractivity contribution >= 4 is 5.82 Å². The molecular weight excluding hydrogens is 190 g/mol. The van der Waals surface area contributed by atoms with Crippen LogP contribution in [0.2, 0.25) is 0 Å². The van der Waals surface area contributed by atoms with E-state index in [9.17, 15) is 0 Å². The van der Waals surface area contributed by atoms with Crippen LogP contribution in [0.1, 0.15) is 23.9 Å². The van der Waals surface area contributed by atoms with Gasteiger partial charge in [-0.05, 0) is 26.9 Å². The minimum atomic E-state index is 0.470. The first kappa shape index (κ1) is 10.3. The van der Waals surface area contributed by atoms with Gasteiger partial charge in [0.25, 0.3) is 0 Å². The SMILES string of the molecule is CNc1nc(C)nnc1C1CCN(C)C1. The van der Waals surface area contributed by atoms with Crippen molar-refractivity contribution in [1.82, 2.24) is 20.1 Å². The van der Waals surface area contributed by atoms with Gasteiger partial charge in [-0.15, -0.1) is 10.2 Å². The maximum atomic E-state index is 4.36. The summed E-state index contributed by atoms with van der Waals surface area (Å²) in [6, 6.07) is 0. The average Bonchev–Trinajstić information content (AvgIpc) is 2.64. The van der Waals surface area contributed by atoms with E-state index in [1.807, 2.05) is 14.0 Å². The van der Waals surface area contributed by atoms with E-state index in [1.54, 1.807) is 0 Å². The third kappa shape index (κ3) is 2.07. The fourth-order valence-corrected chi connectivity index (χ4v) is 2.03. The number of aryl methyl sites for hydroxylation is 1. The van der Waals surface area contributed by atoms with Gasteiger partial charge in [-0.2, -0.15) is 0 Å². The van der Waals surface area contributed by atoms with E-state index in [-0.39, 0.29) is 0 Å². The smallest absolute Gasteiger partial charge is 0.151 e. The lowest BCUT2D eigenvalue weighted by molar-refractivity contribution is 0.410. The fourth-order valence-electron chi connectivity index (χ4n) is 2.03. The molecule has 0 bridgehead atoms. The molecule has 1 aromatic heterocycles. The first-order valence-electron chi connectivity index (χ1n) is 5.28. The van der Waals surface area contributed by atoms with Crippen LogP contribution in [0.15, 0.2) is 0 Å². The van der Waals surface area contributed by atoms with E-state index in [0.717, 1.165) is 36.8 Å². The van der Waals surface area contributed by atoms with Crippen molar-refractivity contribution in [3.63, 3.8) is 0 Å². The second kappa shape index (κ2) is 4.10. The van der Waals surface area contributed by atoms with Gasteiger partial charge >= 0.3 is 0 Å². The topological polar surface area (TPSA) is 53.9 Å². The maximum Gasteiger partial charge on any atom is 0.151 e. The first-order chi connectivity index (χ1) is 7.20. The quantitative estimate of drug-likeness (QED) is 0.771. The fraction of sp³-hybridized carbons (Fsp3) is 0.700. The number of aromatic nitrogens is 3. The first-order valence-corrected chi connectivity index (χ1v) is 5.28. The molecule has 5 heteroatoms. The van der Waals surface area contributed by atoms with Crippen molar-refractivity contribution in [3.8, 4) is 0 Å². The molecule has 1 saturated heterocycles. The predicted molar refractivity (Wildman–Crippen MR) is 59.0 cm³/mol. The molecule has 0 radical (unpaired) electrons.